The molecular weight excluding hydrogens is 255 g/mol. The highest BCUT2D eigenvalue weighted by Gasteiger charge is 2.27. The van der Waals surface area contributed by atoms with Crippen molar-refractivity contribution < 1.29 is 23.9 Å². The van der Waals surface area contributed by atoms with Crippen LogP contribution in [0.4, 0.5) is 10.1 Å². The Morgan fingerprint density at radius 2 is 2.16 bits per heavy atom. The molecule has 1 aromatic carbocycles. The second-order valence-corrected chi connectivity index (χ2v) is 4.15. The van der Waals surface area contributed by atoms with E-state index in [1.807, 2.05) is 0 Å². The van der Waals surface area contributed by atoms with Crippen LogP contribution in [0, 0.1) is 5.82 Å². The van der Waals surface area contributed by atoms with Crippen molar-refractivity contribution in [2.45, 2.75) is 18.9 Å². The van der Waals surface area contributed by atoms with Crippen molar-refractivity contribution in [2.24, 2.45) is 0 Å². The van der Waals surface area contributed by atoms with Crippen LogP contribution in [-0.2, 0) is 9.59 Å². The van der Waals surface area contributed by atoms with Crippen LogP contribution < -0.4 is 10.6 Å². The number of anilines is 1. The first kappa shape index (κ1) is 13.0. The third-order valence-corrected chi connectivity index (χ3v) is 2.78. The quantitative estimate of drug-likeness (QED) is 0.752. The van der Waals surface area contributed by atoms with Gasteiger partial charge in [-0.1, -0.05) is 0 Å². The van der Waals surface area contributed by atoms with Gasteiger partial charge >= 0.3 is 5.97 Å². The molecule has 7 heteroatoms. The molecule has 0 aliphatic carbocycles. The topological polar surface area (TPSA) is 95.5 Å². The van der Waals surface area contributed by atoms with Gasteiger partial charge in [0.15, 0.2) is 0 Å². The molecule has 1 aliphatic heterocycles. The Hall–Kier alpha value is -2.44. The molecule has 1 aliphatic rings. The summed E-state index contributed by atoms with van der Waals surface area (Å²) in [6.07, 6.45) is 0.671. The van der Waals surface area contributed by atoms with E-state index in [9.17, 15) is 18.8 Å². The third kappa shape index (κ3) is 2.87. The van der Waals surface area contributed by atoms with Gasteiger partial charge in [-0.25, -0.2) is 9.18 Å². The average molecular weight is 266 g/mol. The molecule has 1 heterocycles. The van der Waals surface area contributed by atoms with Crippen molar-refractivity contribution in [1.82, 2.24) is 5.32 Å². The lowest BCUT2D eigenvalue weighted by molar-refractivity contribution is -0.122. The van der Waals surface area contributed by atoms with E-state index in [-0.39, 0.29) is 18.0 Å². The number of carbonyl (C=O) groups is 3. The maximum Gasteiger partial charge on any atom is 0.338 e. The van der Waals surface area contributed by atoms with Gasteiger partial charge in [0.25, 0.3) is 0 Å². The van der Waals surface area contributed by atoms with Gasteiger partial charge in [-0.05, 0) is 24.6 Å². The van der Waals surface area contributed by atoms with Crippen LogP contribution in [-0.4, -0.2) is 28.9 Å². The molecule has 100 valence electrons. The fraction of sp³-hybridized carbons (Fsp3) is 0.250. The van der Waals surface area contributed by atoms with Crippen LogP contribution in [0.1, 0.15) is 23.2 Å². The summed E-state index contributed by atoms with van der Waals surface area (Å²) in [6, 6.07) is 2.66. The van der Waals surface area contributed by atoms with E-state index in [1.165, 1.54) is 6.07 Å². The second kappa shape index (κ2) is 5.05. The monoisotopic (exact) mass is 266 g/mol. The average Bonchev–Trinajstić information content (AvgIpc) is 2.75. The van der Waals surface area contributed by atoms with Crippen LogP contribution in [0.25, 0.3) is 0 Å². The molecule has 0 radical (unpaired) electrons. The van der Waals surface area contributed by atoms with E-state index in [2.05, 4.69) is 10.6 Å². The summed E-state index contributed by atoms with van der Waals surface area (Å²) < 4.78 is 13.4. The smallest absolute Gasteiger partial charge is 0.338 e. The minimum atomic E-state index is -1.38. The Morgan fingerprint density at radius 1 is 1.42 bits per heavy atom. The number of rotatable bonds is 3. The van der Waals surface area contributed by atoms with E-state index in [0.717, 1.165) is 12.1 Å². The van der Waals surface area contributed by atoms with Crippen LogP contribution in [0.2, 0.25) is 0 Å². The Kier molecular flexibility index (Phi) is 3.46. The zero-order valence-corrected chi connectivity index (χ0v) is 9.77. The molecule has 0 bridgehead atoms. The van der Waals surface area contributed by atoms with Gasteiger partial charge in [0.2, 0.25) is 11.8 Å². The number of hydrogen-bond donors (Lipinski definition) is 3. The summed E-state index contributed by atoms with van der Waals surface area (Å²) in [5.41, 5.74) is -0.319. The lowest BCUT2D eigenvalue weighted by Crippen LogP contribution is -2.37. The normalized spacial score (nSPS) is 17.9. The van der Waals surface area contributed by atoms with Gasteiger partial charge in [0.05, 0.1) is 5.56 Å². The number of hydrogen-bond acceptors (Lipinski definition) is 3. The predicted molar refractivity (Wildman–Crippen MR) is 63.2 cm³/mol. The van der Waals surface area contributed by atoms with Gasteiger partial charge in [-0.2, -0.15) is 0 Å². The largest absolute Gasteiger partial charge is 0.478 e. The number of carboxylic acids is 1. The summed E-state index contributed by atoms with van der Waals surface area (Å²) >= 11 is 0. The number of aromatic carboxylic acids is 1. The molecule has 1 unspecified atom stereocenters. The number of amides is 2. The molecule has 0 aromatic heterocycles. The molecule has 2 rings (SSSR count). The van der Waals surface area contributed by atoms with Crippen LogP contribution in [0.15, 0.2) is 18.2 Å². The Bertz CT molecular complexity index is 559. The molecule has 6 nitrogen and oxygen atoms in total. The molecule has 3 N–H and O–H groups in total. The van der Waals surface area contributed by atoms with Crippen LogP contribution in [0.5, 0.6) is 0 Å². The van der Waals surface area contributed by atoms with Gasteiger partial charge in [0, 0.05) is 12.1 Å². The SMILES string of the molecule is O=C1CCC(C(=O)Nc2ccc(C(=O)O)c(F)c2)N1. The van der Waals surface area contributed by atoms with Crippen molar-refractivity contribution in [3.05, 3.63) is 29.6 Å². The van der Waals surface area contributed by atoms with Crippen LogP contribution >= 0.6 is 0 Å². The number of carbonyl (C=O) groups excluding carboxylic acids is 2. The fourth-order valence-corrected chi connectivity index (χ4v) is 1.81. The van der Waals surface area contributed by atoms with E-state index in [4.69, 9.17) is 5.11 Å². The number of carboxylic acid groups (broad SMARTS) is 1. The molecule has 1 saturated heterocycles. The van der Waals surface area contributed by atoms with Crippen molar-refractivity contribution in [2.75, 3.05) is 5.32 Å². The molecule has 1 aromatic rings. The molecule has 0 spiro atoms. The van der Waals surface area contributed by atoms with Crippen molar-refractivity contribution in [1.29, 1.82) is 0 Å². The minimum absolute atomic E-state index is 0.147. The van der Waals surface area contributed by atoms with E-state index >= 15 is 0 Å². The highest BCUT2D eigenvalue weighted by molar-refractivity contribution is 5.99. The lowest BCUT2D eigenvalue weighted by Gasteiger charge is -2.11. The Morgan fingerprint density at radius 3 is 2.68 bits per heavy atom. The zero-order valence-electron chi connectivity index (χ0n) is 9.77. The number of halogens is 1. The first-order valence-electron chi connectivity index (χ1n) is 5.60. The Balaban J connectivity index is 2.07. The van der Waals surface area contributed by atoms with Crippen molar-refractivity contribution in [3.8, 4) is 0 Å². The van der Waals surface area contributed by atoms with Gasteiger partial charge in [-0.3, -0.25) is 9.59 Å². The second-order valence-electron chi connectivity index (χ2n) is 4.15. The standard InChI is InChI=1S/C12H11FN2O4/c13-8-5-6(1-2-7(8)12(18)19)14-11(17)9-3-4-10(16)15-9/h1-2,5,9H,3-4H2,(H,14,17)(H,15,16)(H,18,19). The van der Waals surface area contributed by atoms with Gasteiger partial charge in [-0.15, -0.1) is 0 Å². The highest BCUT2D eigenvalue weighted by Crippen LogP contribution is 2.16. The van der Waals surface area contributed by atoms with E-state index in [0.29, 0.717) is 6.42 Å². The maximum absolute atomic E-state index is 13.4. The minimum Gasteiger partial charge on any atom is -0.478 e. The third-order valence-electron chi connectivity index (χ3n) is 2.78. The number of nitrogens with one attached hydrogen (secondary N) is 2. The summed E-state index contributed by atoms with van der Waals surface area (Å²) in [4.78, 5) is 33.3. The van der Waals surface area contributed by atoms with E-state index < -0.39 is 29.3 Å². The van der Waals surface area contributed by atoms with Crippen molar-refractivity contribution >= 4 is 23.5 Å². The zero-order chi connectivity index (χ0) is 14.0. The molecular formula is C12H11FN2O4. The highest BCUT2D eigenvalue weighted by atomic mass is 19.1. The fourth-order valence-electron chi connectivity index (χ4n) is 1.81. The molecule has 19 heavy (non-hydrogen) atoms. The number of benzene rings is 1. The first-order chi connectivity index (χ1) is 8.97. The lowest BCUT2D eigenvalue weighted by atomic mass is 10.1. The maximum atomic E-state index is 13.4. The Labute approximate surface area is 107 Å². The molecule has 0 saturated carbocycles. The summed E-state index contributed by atoms with van der Waals surface area (Å²) in [6.45, 7) is 0. The van der Waals surface area contributed by atoms with E-state index in [1.54, 1.807) is 0 Å². The predicted octanol–water partition coefficient (Wildman–Crippen LogP) is 0.741. The van der Waals surface area contributed by atoms with Gasteiger partial charge in [0.1, 0.15) is 11.9 Å². The van der Waals surface area contributed by atoms with Crippen molar-refractivity contribution in [3.63, 3.8) is 0 Å². The molecule has 2 amide bonds. The van der Waals surface area contributed by atoms with Gasteiger partial charge < -0.3 is 15.7 Å². The molecule has 1 fully saturated rings. The van der Waals surface area contributed by atoms with Crippen LogP contribution in [0.3, 0.4) is 0 Å². The summed E-state index contributed by atoms with van der Waals surface area (Å²) in [5, 5.41) is 13.6. The molecule has 1 atom stereocenters. The summed E-state index contributed by atoms with van der Waals surface area (Å²) in [5.74, 6) is -2.96. The first-order valence-corrected chi connectivity index (χ1v) is 5.60. The summed E-state index contributed by atoms with van der Waals surface area (Å²) in [7, 11) is 0.